The predicted molar refractivity (Wildman–Crippen MR) is 130 cm³/mol. The number of urea groups is 1. The van der Waals surface area contributed by atoms with Crippen molar-refractivity contribution in [3.05, 3.63) is 47.4 Å². The van der Waals surface area contributed by atoms with Gasteiger partial charge in [0.2, 0.25) is 5.91 Å². The number of hydrogen-bond donors (Lipinski definition) is 1. The van der Waals surface area contributed by atoms with Crippen molar-refractivity contribution in [2.45, 2.75) is 44.4 Å². The van der Waals surface area contributed by atoms with Crippen LogP contribution in [0, 0.1) is 11.7 Å². The Morgan fingerprint density at radius 2 is 1.72 bits per heavy atom. The van der Waals surface area contributed by atoms with Crippen molar-refractivity contribution < 1.29 is 36.7 Å². The summed E-state index contributed by atoms with van der Waals surface area (Å²) in [5.41, 5.74) is -3.26. The van der Waals surface area contributed by atoms with Gasteiger partial charge in [-0.1, -0.05) is 13.8 Å². The molecule has 2 saturated heterocycles. The second-order valence-electron chi connectivity index (χ2n) is 10.1. The van der Waals surface area contributed by atoms with E-state index in [1.807, 2.05) is 0 Å². The molecule has 39 heavy (non-hydrogen) atoms. The number of hydrogen-bond acceptors (Lipinski definition) is 5. The second kappa shape index (κ2) is 9.97. The molecule has 2 aliphatic heterocycles. The van der Waals surface area contributed by atoms with Crippen molar-refractivity contribution in [2.75, 3.05) is 25.0 Å². The standard InChI is InChI=1S/C25H28F4N6O4/c1-14(2)19(30-20(36)16-13-15(25(27,28)29)5-6-17(16)26)21(37)34-11-8-24(9-12-34)22(38)33(4)23(39)35(24)18-7-10-32(3)31-18/h5-7,10,13-14,19H,8-9,11-12H2,1-4H3,(H,30,36)/t19-/m1/s1. The van der Waals surface area contributed by atoms with E-state index in [-0.39, 0.29) is 25.9 Å². The molecule has 1 atom stereocenters. The number of likely N-dealkylation sites (N-methyl/N-ethyl adjacent to an activating group) is 1. The molecule has 1 aromatic carbocycles. The van der Waals surface area contributed by atoms with Gasteiger partial charge in [0, 0.05) is 39.4 Å². The van der Waals surface area contributed by atoms with Crippen molar-refractivity contribution >= 4 is 29.6 Å². The molecule has 1 aromatic heterocycles. The normalized spacial score (nSPS) is 18.3. The maximum atomic E-state index is 14.3. The van der Waals surface area contributed by atoms with Crippen molar-refractivity contribution in [3.63, 3.8) is 0 Å². The van der Waals surface area contributed by atoms with Gasteiger partial charge in [-0.25, -0.2) is 9.18 Å². The van der Waals surface area contributed by atoms with E-state index in [1.54, 1.807) is 33.2 Å². The molecule has 210 valence electrons. The van der Waals surface area contributed by atoms with E-state index in [2.05, 4.69) is 10.4 Å². The first kappa shape index (κ1) is 28.0. The molecular weight excluding hydrogens is 524 g/mol. The van der Waals surface area contributed by atoms with Gasteiger partial charge in [-0.15, -0.1) is 0 Å². The average molecular weight is 553 g/mol. The zero-order chi connectivity index (χ0) is 28.9. The molecule has 10 nitrogen and oxygen atoms in total. The Kier molecular flexibility index (Phi) is 7.17. The molecule has 0 bridgehead atoms. The molecule has 1 N–H and O–H groups in total. The Morgan fingerprint density at radius 3 is 2.26 bits per heavy atom. The number of rotatable bonds is 5. The second-order valence-corrected chi connectivity index (χ2v) is 10.1. The molecule has 5 amide bonds. The molecule has 14 heteroatoms. The number of aromatic nitrogens is 2. The van der Waals surface area contributed by atoms with Crippen LogP contribution < -0.4 is 10.2 Å². The smallest absolute Gasteiger partial charge is 0.341 e. The maximum absolute atomic E-state index is 14.3. The number of nitrogens with one attached hydrogen (secondary N) is 1. The molecule has 0 aliphatic carbocycles. The monoisotopic (exact) mass is 552 g/mol. The summed E-state index contributed by atoms with van der Waals surface area (Å²) in [6.07, 6.45) is -2.94. The molecule has 3 heterocycles. The van der Waals surface area contributed by atoms with Crippen LogP contribution in [0.5, 0.6) is 0 Å². The largest absolute Gasteiger partial charge is 0.416 e. The number of likely N-dealkylation sites (tertiary alicyclic amines) is 1. The number of aryl methyl sites for hydroxylation is 1. The van der Waals surface area contributed by atoms with Crippen LogP contribution in [0.15, 0.2) is 30.5 Å². The molecule has 0 saturated carbocycles. The van der Waals surface area contributed by atoms with E-state index in [1.165, 1.54) is 21.5 Å². The fourth-order valence-corrected chi connectivity index (χ4v) is 5.01. The fourth-order valence-electron chi connectivity index (χ4n) is 5.01. The minimum absolute atomic E-state index is 0.0615. The lowest BCUT2D eigenvalue weighted by Crippen LogP contribution is -2.60. The molecular formula is C25H28F4N6O4. The van der Waals surface area contributed by atoms with Gasteiger partial charge in [0.25, 0.3) is 11.8 Å². The van der Waals surface area contributed by atoms with Gasteiger partial charge >= 0.3 is 12.2 Å². The lowest BCUT2D eigenvalue weighted by molar-refractivity contribution is -0.139. The van der Waals surface area contributed by atoms with Crippen LogP contribution in [-0.4, -0.2) is 75.1 Å². The first-order valence-corrected chi connectivity index (χ1v) is 12.3. The van der Waals surface area contributed by atoms with Gasteiger partial charge in [-0.05, 0) is 37.0 Å². The van der Waals surface area contributed by atoms with E-state index in [0.717, 1.165) is 4.90 Å². The van der Waals surface area contributed by atoms with E-state index >= 15 is 0 Å². The van der Waals surface area contributed by atoms with E-state index in [9.17, 15) is 36.7 Å². The molecule has 0 radical (unpaired) electrons. The molecule has 2 aromatic rings. The van der Waals surface area contributed by atoms with Gasteiger partial charge in [0.05, 0.1) is 11.1 Å². The van der Waals surface area contributed by atoms with E-state index in [0.29, 0.717) is 24.0 Å². The van der Waals surface area contributed by atoms with Crippen molar-refractivity contribution in [2.24, 2.45) is 13.0 Å². The Balaban J connectivity index is 1.52. The van der Waals surface area contributed by atoms with Gasteiger partial charge in [0.1, 0.15) is 17.4 Å². The quantitative estimate of drug-likeness (QED) is 0.454. The number of imide groups is 1. The Bertz CT molecular complexity index is 1320. The summed E-state index contributed by atoms with van der Waals surface area (Å²) in [6, 6.07) is 1.40. The number of carbonyl (C=O) groups is 4. The fraction of sp³-hybridized carbons (Fsp3) is 0.480. The Labute approximate surface area is 221 Å². The zero-order valence-electron chi connectivity index (χ0n) is 21.8. The van der Waals surface area contributed by atoms with Gasteiger partial charge in [-0.3, -0.25) is 28.9 Å². The third-order valence-corrected chi connectivity index (χ3v) is 7.20. The SMILES string of the molecule is CC(C)[C@@H](NC(=O)c1cc(C(F)(F)F)ccc1F)C(=O)N1CCC2(CC1)C(=O)N(C)C(=O)N2c1ccn(C)n1. The molecule has 2 aliphatic rings. The van der Waals surface area contributed by atoms with Crippen LogP contribution in [0.4, 0.5) is 28.2 Å². The molecule has 0 unspecified atom stereocenters. The van der Waals surface area contributed by atoms with Gasteiger partial charge < -0.3 is 10.2 Å². The van der Waals surface area contributed by atoms with Crippen LogP contribution in [0.3, 0.4) is 0 Å². The third-order valence-electron chi connectivity index (χ3n) is 7.20. The van der Waals surface area contributed by atoms with Crippen LogP contribution in [-0.2, 0) is 22.8 Å². The summed E-state index contributed by atoms with van der Waals surface area (Å²) in [7, 11) is 3.05. The van der Waals surface area contributed by atoms with Crippen LogP contribution in [0.2, 0.25) is 0 Å². The zero-order valence-corrected chi connectivity index (χ0v) is 21.8. The number of amides is 5. The van der Waals surface area contributed by atoms with Crippen molar-refractivity contribution in [1.82, 2.24) is 24.9 Å². The highest BCUT2D eigenvalue weighted by atomic mass is 19.4. The summed E-state index contributed by atoms with van der Waals surface area (Å²) in [4.78, 5) is 56.1. The minimum Gasteiger partial charge on any atom is -0.341 e. The number of alkyl halides is 3. The number of anilines is 1. The highest BCUT2D eigenvalue weighted by Crippen LogP contribution is 2.39. The maximum Gasteiger partial charge on any atom is 0.416 e. The van der Waals surface area contributed by atoms with Crippen molar-refractivity contribution in [1.29, 1.82) is 0 Å². The predicted octanol–water partition coefficient (Wildman–Crippen LogP) is 2.79. The van der Waals surface area contributed by atoms with Gasteiger partial charge in [-0.2, -0.15) is 18.3 Å². The van der Waals surface area contributed by atoms with Crippen molar-refractivity contribution in [3.8, 4) is 0 Å². The number of benzene rings is 1. The first-order valence-electron chi connectivity index (χ1n) is 12.3. The number of halogens is 4. The molecule has 2 fully saturated rings. The summed E-state index contributed by atoms with van der Waals surface area (Å²) >= 11 is 0. The van der Waals surface area contributed by atoms with Crippen LogP contribution in [0.1, 0.15) is 42.6 Å². The number of piperidine rings is 1. The third kappa shape index (κ3) is 4.94. The minimum atomic E-state index is -4.78. The topological polar surface area (TPSA) is 108 Å². The Hall–Kier alpha value is -3.97. The van der Waals surface area contributed by atoms with Crippen LogP contribution >= 0.6 is 0 Å². The highest BCUT2D eigenvalue weighted by molar-refractivity contribution is 6.16. The summed E-state index contributed by atoms with van der Waals surface area (Å²) in [6.45, 7) is 3.39. The summed E-state index contributed by atoms with van der Waals surface area (Å²) < 4.78 is 55.0. The highest BCUT2D eigenvalue weighted by Gasteiger charge is 2.58. The average Bonchev–Trinajstić information content (AvgIpc) is 3.37. The first-order chi connectivity index (χ1) is 18.2. The van der Waals surface area contributed by atoms with E-state index in [4.69, 9.17) is 0 Å². The molecule has 1 spiro atoms. The number of nitrogens with zero attached hydrogens (tertiary/aromatic N) is 5. The summed E-state index contributed by atoms with van der Waals surface area (Å²) in [5.74, 6) is -3.45. The lowest BCUT2D eigenvalue weighted by Gasteiger charge is -2.42. The van der Waals surface area contributed by atoms with Gasteiger partial charge in [0.15, 0.2) is 5.82 Å². The number of carbonyl (C=O) groups excluding carboxylic acids is 4. The van der Waals surface area contributed by atoms with Crippen LogP contribution in [0.25, 0.3) is 0 Å². The summed E-state index contributed by atoms with van der Waals surface area (Å²) in [5, 5.41) is 6.65. The molecule has 4 rings (SSSR count). The van der Waals surface area contributed by atoms with E-state index < -0.39 is 64.4 Å². The lowest BCUT2D eigenvalue weighted by atomic mass is 9.85. The Morgan fingerprint density at radius 1 is 1.08 bits per heavy atom.